The number of amides is 1. The van der Waals surface area contributed by atoms with E-state index in [1.165, 1.54) is 4.68 Å². The summed E-state index contributed by atoms with van der Waals surface area (Å²) in [4.78, 5) is 20.0. The minimum atomic E-state index is -0.455. The van der Waals surface area contributed by atoms with Crippen LogP contribution in [-0.2, 0) is 11.3 Å². The molecule has 0 unspecified atom stereocenters. The van der Waals surface area contributed by atoms with E-state index in [1.807, 2.05) is 37.3 Å². The molecule has 0 radical (unpaired) electrons. The highest BCUT2D eigenvalue weighted by molar-refractivity contribution is 5.89. The number of rotatable bonds is 5. The molecule has 0 bridgehead atoms. The molecule has 0 fully saturated rings. The molecule has 4 aromatic rings. The predicted molar refractivity (Wildman–Crippen MR) is 96.1 cm³/mol. The van der Waals surface area contributed by atoms with Gasteiger partial charge in [0.25, 0.3) is 0 Å². The number of nitrogens with one attached hydrogen (secondary N) is 1. The van der Waals surface area contributed by atoms with Crippen molar-refractivity contribution < 1.29 is 4.79 Å². The molecule has 4 rings (SSSR count). The Labute approximate surface area is 148 Å². The van der Waals surface area contributed by atoms with Crippen molar-refractivity contribution in [3.05, 3.63) is 54.7 Å². The Bertz CT molecular complexity index is 1080. The Morgan fingerprint density at radius 2 is 1.96 bits per heavy atom. The molecule has 0 aliphatic carbocycles. The van der Waals surface area contributed by atoms with Crippen LogP contribution < -0.4 is 11.1 Å². The van der Waals surface area contributed by atoms with Gasteiger partial charge in [0.15, 0.2) is 5.65 Å². The number of carbonyl (C=O) groups is 1. The predicted octanol–water partition coefficient (Wildman–Crippen LogP) is 1.55. The third-order valence-electron chi connectivity index (χ3n) is 3.75. The van der Waals surface area contributed by atoms with Gasteiger partial charge in [-0.15, -0.1) is 0 Å². The maximum Gasteiger partial charge on any atom is 0.239 e. The highest BCUT2D eigenvalue weighted by Gasteiger charge is 2.13. The van der Waals surface area contributed by atoms with Gasteiger partial charge in [-0.3, -0.25) is 9.48 Å². The lowest BCUT2D eigenvalue weighted by molar-refractivity contribution is -0.118. The highest BCUT2D eigenvalue weighted by Crippen LogP contribution is 2.25. The van der Waals surface area contributed by atoms with E-state index in [9.17, 15) is 4.79 Å². The van der Waals surface area contributed by atoms with Crippen LogP contribution in [0, 0.1) is 6.92 Å². The van der Waals surface area contributed by atoms with Gasteiger partial charge in [-0.1, -0.05) is 18.2 Å². The number of benzene rings is 1. The van der Waals surface area contributed by atoms with Crippen molar-refractivity contribution in [1.82, 2.24) is 29.5 Å². The maximum absolute atomic E-state index is 11.0. The minimum Gasteiger partial charge on any atom is -0.368 e. The number of carbonyl (C=O) groups excluding carboxylic acids is 1. The Kier molecular flexibility index (Phi) is 3.81. The highest BCUT2D eigenvalue weighted by atomic mass is 16.1. The lowest BCUT2D eigenvalue weighted by Crippen LogP contribution is -2.18. The average molecular weight is 348 g/mol. The van der Waals surface area contributed by atoms with Gasteiger partial charge >= 0.3 is 0 Å². The van der Waals surface area contributed by atoms with Crippen molar-refractivity contribution in [3.63, 3.8) is 0 Å². The summed E-state index contributed by atoms with van der Waals surface area (Å²) < 4.78 is 3.23. The molecule has 3 heterocycles. The molecule has 3 N–H and O–H groups in total. The second kappa shape index (κ2) is 6.28. The first-order valence-electron chi connectivity index (χ1n) is 7.96. The van der Waals surface area contributed by atoms with Crippen LogP contribution in [0.1, 0.15) is 5.82 Å². The number of fused-ring (bicyclic) bond motifs is 1. The van der Waals surface area contributed by atoms with E-state index in [0.29, 0.717) is 23.0 Å². The topological polar surface area (TPSA) is 117 Å². The van der Waals surface area contributed by atoms with Gasteiger partial charge in [-0.05, 0) is 19.1 Å². The maximum atomic E-state index is 11.0. The smallest absolute Gasteiger partial charge is 0.239 e. The van der Waals surface area contributed by atoms with Crippen LogP contribution in [-0.4, -0.2) is 35.4 Å². The van der Waals surface area contributed by atoms with Gasteiger partial charge in [0, 0.05) is 6.20 Å². The van der Waals surface area contributed by atoms with E-state index < -0.39 is 5.91 Å². The molecule has 0 saturated heterocycles. The number of aromatic nitrogens is 6. The van der Waals surface area contributed by atoms with E-state index in [-0.39, 0.29) is 6.54 Å². The van der Waals surface area contributed by atoms with Gasteiger partial charge in [0.2, 0.25) is 5.91 Å². The normalized spacial score (nSPS) is 11.0. The molecule has 130 valence electrons. The van der Waals surface area contributed by atoms with Crippen molar-refractivity contribution >= 4 is 28.4 Å². The monoisotopic (exact) mass is 348 g/mol. The molecular weight excluding hydrogens is 332 g/mol. The molecule has 9 nitrogen and oxygen atoms in total. The van der Waals surface area contributed by atoms with E-state index in [1.54, 1.807) is 23.3 Å². The second-order valence-electron chi connectivity index (χ2n) is 5.77. The summed E-state index contributed by atoms with van der Waals surface area (Å²) in [5.41, 5.74) is 7.50. The summed E-state index contributed by atoms with van der Waals surface area (Å²) in [6, 6.07) is 9.77. The molecule has 1 amide bonds. The first-order chi connectivity index (χ1) is 12.6. The molecule has 0 saturated carbocycles. The van der Waals surface area contributed by atoms with E-state index >= 15 is 0 Å². The molecule has 3 aromatic heterocycles. The molecule has 0 atom stereocenters. The van der Waals surface area contributed by atoms with Crippen LogP contribution in [0.3, 0.4) is 0 Å². The van der Waals surface area contributed by atoms with Crippen LogP contribution in [0.4, 0.5) is 11.5 Å². The number of aryl methyl sites for hydroxylation is 1. The Morgan fingerprint density at radius 3 is 2.73 bits per heavy atom. The first kappa shape index (κ1) is 15.8. The van der Waals surface area contributed by atoms with Gasteiger partial charge in [-0.2, -0.15) is 10.2 Å². The first-order valence-corrected chi connectivity index (χ1v) is 7.96. The van der Waals surface area contributed by atoms with Crippen molar-refractivity contribution in [2.75, 3.05) is 5.32 Å². The molecule has 0 spiro atoms. The van der Waals surface area contributed by atoms with E-state index in [2.05, 4.69) is 25.5 Å². The fourth-order valence-electron chi connectivity index (χ4n) is 2.68. The van der Waals surface area contributed by atoms with Crippen LogP contribution in [0.2, 0.25) is 0 Å². The summed E-state index contributed by atoms with van der Waals surface area (Å²) in [6.07, 6.45) is 5.02. The lowest BCUT2D eigenvalue weighted by atomic mass is 10.3. The minimum absolute atomic E-state index is 0.0197. The fraction of sp³-hybridized carbons (Fsp3) is 0.118. The number of primary amides is 1. The number of nitrogens with zero attached hydrogens (tertiary/aromatic N) is 6. The summed E-state index contributed by atoms with van der Waals surface area (Å²) >= 11 is 0. The number of anilines is 2. The van der Waals surface area contributed by atoms with Gasteiger partial charge in [0.1, 0.15) is 18.2 Å². The quantitative estimate of drug-likeness (QED) is 0.565. The SMILES string of the molecule is Cc1nc(Nc2cnn(CC(N)=O)c2)c2cnn(-c3ccccc3)c2n1. The summed E-state index contributed by atoms with van der Waals surface area (Å²) in [6.45, 7) is 1.84. The fourth-order valence-corrected chi connectivity index (χ4v) is 2.68. The molecule has 26 heavy (non-hydrogen) atoms. The van der Waals surface area contributed by atoms with Crippen LogP contribution in [0.15, 0.2) is 48.9 Å². The van der Waals surface area contributed by atoms with Crippen molar-refractivity contribution in [3.8, 4) is 5.69 Å². The second-order valence-corrected chi connectivity index (χ2v) is 5.77. The zero-order chi connectivity index (χ0) is 18.1. The van der Waals surface area contributed by atoms with Crippen molar-refractivity contribution in [1.29, 1.82) is 0 Å². The number of hydrogen-bond donors (Lipinski definition) is 2. The third kappa shape index (κ3) is 2.97. The largest absolute Gasteiger partial charge is 0.368 e. The van der Waals surface area contributed by atoms with Gasteiger partial charge < -0.3 is 11.1 Å². The molecule has 9 heteroatoms. The van der Waals surface area contributed by atoms with Crippen LogP contribution in [0.5, 0.6) is 0 Å². The number of para-hydroxylation sites is 1. The zero-order valence-electron chi connectivity index (χ0n) is 14.0. The standard InChI is InChI=1S/C17H16N8O/c1-11-21-16(23-12-7-19-24(9-12)10-15(18)26)14-8-20-25(17(14)22-11)13-5-3-2-4-6-13/h2-9H,10H2,1H3,(H2,18,26)(H,21,22,23). The Hall–Kier alpha value is -3.75. The molecule has 0 aliphatic heterocycles. The van der Waals surface area contributed by atoms with Crippen molar-refractivity contribution in [2.45, 2.75) is 13.5 Å². The van der Waals surface area contributed by atoms with E-state index in [4.69, 9.17) is 5.73 Å². The van der Waals surface area contributed by atoms with Crippen molar-refractivity contribution in [2.24, 2.45) is 5.73 Å². The van der Waals surface area contributed by atoms with Crippen LogP contribution in [0.25, 0.3) is 16.7 Å². The molecule has 0 aliphatic rings. The third-order valence-corrected chi connectivity index (χ3v) is 3.75. The summed E-state index contributed by atoms with van der Waals surface area (Å²) in [5, 5.41) is 12.5. The molecular formula is C17H16N8O. The lowest BCUT2D eigenvalue weighted by Gasteiger charge is -2.07. The average Bonchev–Trinajstić information content (AvgIpc) is 3.22. The summed E-state index contributed by atoms with van der Waals surface area (Å²) in [5.74, 6) is 0.777. The molecule has 1 aromatic carbocycles. The Morgan fingerprint density at radius 1 is 1.15 bits per heavy atom. The number of nitrogens with two attached hydrogens (primary N) is 1. The van der Waals surface area contributed by atoms with Gasteiger partial charge in [0.05, 0.1) is 29.2 Å². The zero-order valence-corrected chi connectivity index (χ0v) is 14.0. The van der Waals surface area contributed by atoms with Gasteiger partial charge in [-0.25, -0.2) is 14.6 Å². The summed E-state index contributed by atoms with van der Waals surface area (Å²) in [7, 11) is 0. The van der Waals surface area contributed by atoms with Crippen LogP contribution >= 0.6 is 0 Å². The van der Waals surface area contributed by atoms with E-state index in [0.717, 1.165) is 11.1 Å². The Balaban J connectivity index is 1.73. The number of hydrogen-bond acceptors (Lipinski definition) is 6.